The SMILES string of the molecule is Cc1nnc(-c2ccc3nnc(CC(=O)N4CCC(N5CCOCC5)CC4)cc3c2)s1. The Kier molecular flexibility index (Phi) is 5.89. The van der Waals surface area contributed by atoms with Gasteiger partial charge in [-0.2, -0.15) is 10.2 Å². The van der Waals surface area contributed by atoms with E-state index < -0.39 is 0 Å². The third kappa shape index (κ3) is 4.58. The number of morpholine rings is 1. The molecule has 2 saturated heterocycles. The molecule has 1 aromatic carbocycles. The van der Waals surface area contributed by atoms with Crippen LogP contribution in [-0.4, -0.2) is 81.5 Å². The molecule has 0 spiro atoms. The van der Waals surface area contributed by atoms with Crippen LogP contribution in [0.2, 0.25) is 0 Å². The highest BCUT2D eigenvalue weighted by Crippen LogP contribution is 2.26. The van der Waals surface area contributed by atoms with Crippen molar-refractivity contribution in [2.45, 2.75) is 32.2 Å². The third-order valence-electron chi connectivity index (χ3n) is 6.12. The normalized spacial score (nSPS) is 18.5. The first-order valence-electron chi connectivity index (χ1n) is 10.8. The lowest BCUT2D eigenvalue weighted by atomic mass is 10.0. The highest BCUT2D eigenvalue weighted by molar-refractivity contribution is 7.14. The summed E-state index contributed by atoms with van der Waals surface area (Å²) in [6.45, 7) is 7.21. The van der Waals surface area contributed by atoms with Crippen molar-refractivity contribution in [2.24, 2.45) is 0 Å². The second-order valence-corrected chi connectivity index (χ2v) is 9.35. The molecule has 2 aliphatic rings. The van der Waals surface area contributed by atoms with Gasteiger partial charge in [-0.15, -0.1) is 10.2 Å². The number of likely N-dealkylation sites (tertiary alicyclic amines) is 1. The lowest BCUT2D eigenvalue weighted by molar-refractivity contribution is -0.132. The molecule has 0 N–H and O–H groups in total. The van der Waals surface area contributed by atoms with Crippen LogP contribution in [0.25, 0.3) is 21.5 Å². The van der Waals surface area contributed by atoms with Gasteiger partial charge in [-0.05, 0) is 44.0 Å². The Labute approximate surface area is 185 Å². The maximum absolute atomic E-state index is 12.9. The zero-order chi connectivity index (χ0) is 21.2. The predicted molar refractivity (Wildman–Crippen MR) is 119 cm³/mol. The summed E-state index contributed by atoms with van der Waals surface area (Å²) in [5.74, 6) is 0.130. The number of ether oxygens (including phenoxy) is 1. The molecule has 3 aromatic rings. The fourth-order valence-electron chi connectivity index (χ4n) is 4.41. The Hall–Kier alpha value is -2.49. The molecule has 2 fully saturated rings. The molecule has 2 aromatic heterocycles. The van der Waals surface area contributed by atoms with E-state index in [1.54, 1.807) is 11.3 Å². The summed E-state index contributed by atoms with van der Waals surface area (Å²) in [7, 11) is 0. The number of aromatic nitrogens is 4. The lowest BCUT2D eigenvalue weighted by Crippen LogP contribution is -2.50. The molecule has 0 atom stereocenters. The zero-order valence-electron chi connectivity index (χ0n) is 17.7. The summed E-state index contributed by atoms with van der Waals surface area (Å²) in [5, 5.41) is 19.7. The average Bonchev–Trinajstić information content (AvgIpc) is 3.25. The summed E-state index contributed by atoms with van der Waals surface area (Å²) in [6.07, 6.45) is 2.34. The van der Waals surface area contributed by atoms with Gasteiger partial charge < -0.3 is 9.64 Å². The van der Waals surface area contributed by atoms with Gasteiger partial charge in [0.15, 0.2) is 0 Å². The van der Waals surface area contributed by atoms with Crippen molar-refractivity contribution in [1.29, 1.82) is 0 Å². The van der Waals surface area contributed by atoms with Crippen molar-refractivity contribution >= 4 is 28.1 Å². The topological polar surface area (TPSA) is 84.3 Å². The summed E-state index contributed by atoms with van der Waals surface area (Å²) >= 11 is 1.56. The summed E-state index contributed by atoms with van der Waals surface area (Å²) in [4.78, 5) is 17.4. The van der Waals surface area contributed by atoms with Crippen LogP contribution in [-0.2, 0) is 16.0 Å². The molecule has 162 valence electrons. The lowest BCUT2D eigenvalue weighted by Gasteiger charge is -2.40. The molecule has 0 unspecified atom stereocenters. The van der Waals surface area contributed by atoms with Gasteiger partial charge in [0.05, 0.1) is 30.8 Å². The largest absolute Gasteiger partial charge is 0.379 e. The number of nitrogens with zero attached hydrogens (tertiary/aromatic N) is 6. The number of hydrogen-bond donors (Lipinski definition) is 0. The van der Waals surface area contributed by atoms with Crippen LogP contribution in [0.4, 0.5) is 0 Å². The number of carbonyl (C=O) groups is 1. The predicted octanol–water partition coefficient (Wildman–Crippen LogP) is 2.32. The van der Waals surface area contributed by atoms with Crippen LogP contribution >= 0.6 is 11.3 Å². The van der Waals surface area contributed by atoms with Gasteiger partial charge in [0.25, 0.3) is 0 Å². The first-order valence-corrected chi connectivity index (χ1v) is 11.6. The molecule has 2 aliphatic heterocycles. The molecule has 0 bridgehead atoms. The monoisotopic (exact) mass is 438 g/mol. The minimum atomic E-state index is 0.130. The number of rotatable bonds is 4. The number of carbonyl (C=O) groups excluding carboxylic acids is 1. The quantitative estimate of drug-likeness (QED) is 0.618. The molecule has 0 radical (unpaired) electrons. The second-order valence-electron chi connectivity index (χ2n) is 8.17. The van der Waals surface area contributed by atoms with E-state index in [0.717, 1.165) is 78.7 Å². The van der Waals surface area contributed by atoms with Gasteiger partial charge in [0.1, 0.15) is 10.0 Å². The van der Waals surface area contributed by atoms with Gasteiger partial charge in [-0.25, -0.2) is 0 Å². The van der Waals surface area contributed by atoms with Gasteiger partial charge >= 0.3 is 0 Å². The van der Waals surface area contributed by atoms with Crippen molar-refractivity contribution < 1.29 is 9.53 Å². The van der Waals surface area contributed by atoms with E-state index in [1.807, 2.05) is 36.1 Å². The third-order valence-corrected chi connectivity index (χ3v) is 7.01. The number of piperidine rings is 1. The molecule has 1 amide bonds. The molecular formula is C22H26N6O2S. The molecule has 9 heteroatoms. The van der Waals surface area contributed by atoms with Gasteiger partial charge in [0.2, 0.25) is 5.91 Å². The van der Waals surface area contributed by atoms with Crippen molar-refractivity contribution in [3.05, 3.63) is 35.0 Å². The highest BCUT2D eigenvalue weighted by Gasteiger charge is 2.28. The number of aryl methyl sites for hydroxylation is 1. The number of hydrogen-bond acceptors (Lipinski definition) is 8. The van der Waals surface area contributed by atoms with E-state index in [4.69, 9.17) is 4.74 Å². The Morgan fingerprint density at radius 1 is 1.06 bits per heavy atom. The summed E-state index contributed by atoms with van der Waals surface area (Å²) in [5.41, 5.74) is 2.53. The van der Waals surface area contributed by atoms with Crippen LogP contribution in [0.3, 0.4) is 0 Å². The van der Waals surface area contributed by atoms with E-state index in [2.05, 4.69) is 25.3 Å². The van der Waals surface area contributed by atoms with Gasteiger partial charge in [-0.1, -0.05) is 11.3 Å². The Morgan fingerprint density at radius 3 is 2.61 bits per heavy atom. The van der Waals surface area contributed by atoms with E-state index in [1.165, 1.54) is 0 Å². The van der Waals surface area contributed by atoms with Crippen LogP contribution < -0.4 is 0 Å². The van der Waals surface area contributed by atoms with Crippen LogP contribution in [0.15, 0.2) is 24.3 Å². The van der Waals surface area contributed by atoms with E-state index in [-0.39, 0.29) is 12.3 Å². The summed E-state index contributed by atoms with van der Waals surface area (Å²) < 4.78 is 5.46. The molecular weight excluding hydrogens is 412 g/mol. The molecule has 5 rings (SSSR count). The minimum absolute atomic E-state index is 0.130. The summed E-state index contributed by atoms with van der Waals surface area (Å²) in [6, 6.07) is 8.51. The number of fused-ring (bicyclic) bond motifs is 1. The van der Waals surface area contributed by atoms with Crippen molar-refractivity contribution in [1.82, 2.24) is 30.2 Å². The van der Waals surface area contributed by atoms with Crippen molar-refractivity contribution in [3.8, 4) is 10.6 Å². The fraction of sp³-hybridized carbons (Fsp3) is 0.500. The molecule has 4 heterocycles. The zero-order valence-corrected chi connectivity index (χ0v) is 18.5. The maximum Gasteiger partial charge on any atom is 0.228 e. The smallest absolute Gasteiger partial charge is 0.228 e. The Bertz CT molecular complexity index is 1070. The van der Waals surface area contributed by atoms with Crippen molar-refractivity contribution in [2.75, 3.05) is 39.4 Å². The maximum atomic E-state index is 12.9. The molecule has 0 aliphatic carbocycles. The average molecular weight is 439 g/mol. The standard InChI is InChI=1S/C22H26N6O2S/c1-15-23-26-22(31-15)16-2-3-20-17(12-16)13-18(24-25-20)14-21(29)28-6-4-19(5-7-28)27-8-10-30-11-9-27/h2-3,12-13,19H,4-11,14H2,1H3. The van der Waals surface area contributed by atoms with Crippen LogP contribution in [0.5, 0.6) is 0 Å². The van der Waals surface area contributed by atoms with E-state index >= 15 is 0 Å². The van der Waals surface area contributed by atoms with Gasteiger partial charge in [0, 0.05) is 43.2 Å². The Balaban J connectivity index is 1.24. The molecule has 8 nitrogen and oxygen atoms in total. The number of benzene rings is 1. The first kappa shape index (κ1) is 20.4. The van der Waals surface area contributed by atoms with Crippen LogP contribution in [0.1, 0.15) is 23.5 Å². The van der Waals surface area contributed by atoms with Gasteiger partial charge in [-0.3, -0.25) is 9.69 Å². The van der Waals surface area contributed by atoms with E-state index in [0.29, 0.717) is 11.7 Å². The van der Waals surface area contributed by atoms with Crippen LogP contribution in [0, 0.1) is 6.92 Å². The van der Waals surface area contributed by atoms with Crippen molar-refractivity contribution in [3.63, 3.8) is 0 Å². The minimum Gasteiger partial charge on any atom is -0.379 e. The second kappa shape index (κ2) is 8.94. The Morgan fingerprint density at radius 2 is 1.87 bits per heavy atom. The fourth-order valence-corrected chi connectivity index (χ4v) is 5.10. The highest BCUT2D eigenvalue weighted by atomic mass is 32.1. The number of amides is 1. The molecule has 31 heavy (non-hydrogen) atoms. The van der Waals surface area contributed by atoms with E-state index in [9.17, 15) is 4.79 Å². The molecule has 0 saturated carbocycles. The first-order chi connectivity index (χ1) is 15.2.